The van der Waals surface area contributed by atoms with Crippen molar-refractivity contribution in [3.63, 3.8) is 0 Å². The highest BCUT2D eigenvalue weighted by atomic mass is 14.1. The van der Waals surface area contributed by atoms with Gasteiger partial charge in [-0.25, -0.2) is 0 Å². The Bertz CT molecular complexity index is 509. The lowest BCUT2D eigenvalue weighted by Gasteiger charge is -2.12. The molecule has 0 fully saturated rings. The second kappa shape index (κ2) is 6.94. The molecule has 0 nitrogen and oxygen atoms in total. The van der Waals surface area contributed by atoms with E-state index in [1.807, 2.05) is 13.0 Å². The molecular weight excluding hydrogens is 228 g/mol. The Morgan fingerprint density at radius 3 is 2.58 bits per heavy atom. The van der Waals surface area contributed by atoms with E-state index in [1.165, 1.54) is 16.7 Å². The minimum Gasteiger partial charge on any atom is -0.0877 e. The third kappa shape index (κ3) is 4.10. The van der Waals surface area contributed by atoms with Crippen molar-refractivity contribution in [3.05, 3.63) is 77.9 Å². The summed E-state index contributed by atoms with van der Waals surface area (Å²) >= 11 is 0. The minimum atomic E-state index is 0.680. The van der Waals surface area contributed by atoms with Crippen LogP contribution in [0.15, 0.2) is 66.8 Å². The molecule has 0 saturated heterocycles. The molecule has 1 aliphatic rings. The fourth-order valence-corrected chi connectivity index (χ4v) is 2.17. The fraction of sp³-hybridized carbons (Fsp3) is 0.263. The van der Waals surface area contributed by atoms with Gasteiger partial charge in [0.25, 0.3) is 0 Å². The van der Waals surface area contributed by atoms with Crippen molar-refractivity contribution in [2.24, 2.45) is 5.92 Å². The molecule has 1 aromatic carbocycles. The number of benzene rings is 1. The Labute approximate surface area is 116 Å². The summed E-state index contributed by atoms with van der Waals surface area (Å²) in [4.78, 5) is 0. The van der Waals surface area contributed by atoms with Crippen LogP contribution in [-0.2, 0) is 6.42 Å². The molecule has 0 N–H and O–H groups in total. The summed E-state index contributed by atoms with van der Waals surface area (Å²) in [5.74, 6) is 0.680. The van der Waals surface area contributed by atoms with Gasteiger partial charge in [-0.15, -0.1) is 0 Å². The topological polar surface area (TPSA) is 0 Å². The Balaban J connectivity index is 2.01. The maximum absolute atomic E-state index is 2.34. The lowest BCUT2D eigenvalue weighted by molar-refractivity contribution is 0.739. The van der Waals surface area contributed by atoms with Crippen LogP contribution in [0.4, 0.5) is 0 Å². The van der Waals surface area contributed by atoms with E-state index in [1.54, 1.807) is 0 Å². The van der Waals surface area contributed by atoms with Gasteiger partial charge in [-0.1, -0.05) is 73.7 Å². The molecule has 0 heteroatoms. The summed E-state index contributed by atoms with van der Waals surface area (Å²) in [5.41, 5.74) is 4.04. The number of allylic oxidation sites excluding steroid dienone is 8. The Morgan fingerprint density at radius 2 is 1.95 bits per heavy atom. The Hall–Kier alpha value is -1.82. The van der Waals surface area contributed by atoms with Crippen molar-refractivity contribution in [1.82, 2.24) is 0 Å². The molecule has 0 radical (unpaired) electrons. The van der Waals surface area contributed by atoms with Crippen molar-refractivity contribution in [2.75, 3.05) is 0 Å². The third-order valence-electron chi connectivity index (χ3n) is 3.39. The first-order valence-electron chi connectivity index (χ1n) is 7.05. The first kappa shape index (κ1) is 13.6. The molecule has 1 aromatic rings. The smallest absolute Gasteiger partial charge is 0.00943 e. The van der Waals surface area contributed by atoms with Crippen LogP contribution in [0.2, 0.25) is 0 Å². The van der Waals surface area contributed by atoms with Crippen molar-refractivity contribution >= 4 is 5.57 Å². The van der Waals surface area contributed by atoms with Gasteiger partial charge in [-0.3, -0.25) is 0 Å². The van der Waals surface area contributed by atoms with E-state index in [-0.39, 0.29) is 0 Å². The molecule has 0 amide bonds. The normalized spacial score (nSPS) is 19.3. The fourth-order valence-electron chi connectivity index (χ4n) is 2.17. The summed E-state index contributed by atoms with van der Waals surface area (Å²) in [7, 11) is 0. The zero-order chi connectivity index (χ0) is 13.5. The highest BCUT2D eigenvalue weighted by Crippen LogP contribution is 2.24. The van der Waals surface area contributed by atoms with E-state index in [0.717, 1.165) is 12.8 Å². The summed E-state index contributed by atoms with van der Waals surface area (Å²) in [6, 6.07) is 8.90. The molecule has 0 aliphatic heterocycles. The van der Waals surface area contributed by atoms with Crippen molar-refractivity contribution in [3.8, 4) is 0 Å². The van der Waals surface area contributed by atoms with Crippen LogP contribution in [0.1, 0.15) is 31.4 Å². The highest BCUT2D eigenvalue weighted by molar-refractivity contribution is 5.74. The van der Waals surface area contributed by atoms with E-state index >= 15 is 0 Å². The van der Waals surface area contributed by atoms with Crippen LogP contribution in [0.25, 0.3) is 5.57 Å². The van der Waals surface area contributed by atoms with Gasteiger partial charge in [-0.2, -0.15) is 0 Å². The predicted molar refractivity (Wildman–Crippen MR) is 85.0 cm³/mol. The SMILES string of the molecule is C/C=C\C=C/Cc1ccc(C2=CCC(C)C=C2)cc1. The molecule has 0 spiro atoms. The third-order valence-corrected chi connectivity index (χ3v) is 3.39. The molecule has 2 rings (SSSR count). The molecular formula is C19H22. The summed E-state index contributed by atoms with van der Waals surface area (Å²) < 4.78 is 0. The van der Waals surface area contributed by atoms with E-state index in [0.29, 0.717) is 5.92 Å². The maximum Gasteiger partial charge on any atom is -0.00943 e. The van der Waals surface area contributed by atoms with Gasteiger partial charge in [0.1, 0.15) is 0 Å². The van der Waals surface area contributed by atoms with Crippen molar-refractivity contribution < 1.29 is 0 Å². The van der Waals surface area contributed by atoms with Gasteiger partial charge in [0, 0.05) is 0 Å². The summed E-state index contributed by atoms with van der Waals surface area (Å²) in [6.07, 6.45) is 17.4. The minimum absolute atomic E-state index is 0.680. The molecule has 0 bridgehead atoms. The summed E-state index contributed by atoms with van der Waals surface area (Å²) in [6.45, 7) is 4.29. The van der Waals surface area contributed by atoms with E-state index in [4.69, 9.17) is 0 Å². The van der Waals surface area contributed by atoms with Crippen LogP contribution in [0.3, 0.4) is 0 Å². The first-order chi connectivity index (χ1) is 9.29. The number of hydrogen-bond acceptors (Lipinski definition) is 0. The van der Waals surface area contributed by atoms with Crippen LogP contribution in [0.5, 0.6) is 0 Å². The lowest BCUT2D eigenvalue weighted by Crippen LogP contribution is -1.94. The highest BCUT2D eigenvalue weighted by Gasteiger charge is 2.05. The van der Waals surface area contributed by atoms with Gasteiger partial charge in [0.2, 0.25) is 0 Å². The molecule has 98 valence electrons. The van der Waals surface area contributed by atoms with Crippen LogP contribution < -0.4 is 0 Å². The molecule has 1 unspecified atom stereocenters. The molecule has 1 atom stereocenters. The first-order valence-corrected chi connectivity index (χ1v) is 7.05. The van der Waals surface area contributed by atoms with Crippen LogP contribution >= 0.6 is 0 Å². The average molecular weight is 250 g/mol. The second-order valence-electron chi connectivity index (χ2n) is 5.09. The standard InChI is InChI=1S/C19H22/c1-3-4-5-6-7-17-10-14-19(15-11-17)18-12-8-16(2)9-13-18/h3-6,8,10-16H,7,9H2,1-2H3/b4-3-,6-5-. The second-order valence-corrected chi connectivity index (χ2v) is 5.09. The maximum atomic E-state index is 2.34. The van der Waals surface area contributed by atoms with E-state index < -0.39 is 0 Å². The van der Waals surface area contributed by atoms with Gasteiger partial charge in [0.15, 0.2) is 0 Å². The van der Waals surface area contributed by atoms with Crippen molar-refractivity contribution in [1.29, 1.82) is 0 Å². The monoisotopic (exact) mass is 250 g/mol. The Kier molecular flexibility index (Phi) is 4.97. The molecule has 19 heavy (non-hydrogen) atoms. The molecule has 0 saturated carbocycles. The van der Waals surface area contributed by atoms with Crippen molar-refractivity contribution in [2.45, 2.75) is 26.7 Å². The number of hydrogen-bond donors (Lipinski definition) is 0. The predicted octanol–water partition coefficient (Wildman–Crippen LogP) is 5.34. The van der Waals surface area contributed by atoms with E-state index in [9.17, 15) is 0 Å². The summed E-state index contributed by atoms with van der Waals surface area (Å²) in [5, 5.41) is 0. The molecule has 0 heterocycles. The van der Waals surface area contributed by atoms with Gasteiger partial charge in [0.05, 0.1) is 0 Å². The van der Waals surface area contributed by atoms with Gasteiger partial charge < -0.3 is 0 Å². The largest absolute Gasteiger partial charge is 0.0877 e. The van der Waals surface area contributed by atoms with Gasteiger partial charge in [-0.05, 0) is 42.4 Å². The Morgan fingerprint density at radius 1 is 1.16 bits per heavy atom. The lowest BCUT2D eigenvalue weighted by atomic mass is 9.93. The quantitative estimate of drug-likeness (QED) is 0.633. The molecule has 0 aromatic heterocycles. The molecule has 1 aliphatic carbocycles. The van der Waals surface area contributed by atoms with E-state index in [2.05, 4.69) is 67.6 Å². The zero-order valence-electron chi connectivity index (χ0n) is 11.8. The van der Waals surface area contributed by atoms with Gasteiger partial charge >= 0.3 is 0 Å². The van der Waals surface area contributed by atoms with Crippen LogP contribution in [-0.4, -0.2) is 0 Å². The zero-order valence-corrected chi connectivity index (χ0v) is 11.8. The average Bonchev–Trinajstić information content (AvgIpc) is 2.45. The van der Waals surface area contributed by atoms with Crippen LogP contribution in [0, 0.1) is 5.92 Å². The number of rotatable bonds is 4.